The van der Waals surface area contributed by atoms with Gasteiger partial charge in [0.05, 0.1) is 12.5 Å². The number of amides is 2. The van der Waals surface area contributed by atoms with E-state index in [9.17, 15) is 9.59 Å². The van der Waals surface area contributed by atoms with E-state index in [1.807, 2.05) is 0 Å². The second-order valence-corrected chi connectivity index (χ2v) is 7.06. The SMILES string of the molecule is CC1(NC2CC(=O)N(C3CCCC3)C2=O)CCCCC1. The maximum absolute atomic E-state index is 12.6. The molecule has 4 heteroatoms. The molecule has 1 atom stereocenters. The minimum atomic E-state index is -0.272. The zero-order valence-electron chi connectivity index (χ0n) is 12.5. The van der Waals surface area contributed by atoms with E-state index < -0.39 is 0 Å². The lowest BCUT2D eigenvalue weighted by molar-refractivity contribution is -0.141. The van der Waals surface area contributed by atoms with Crippen molar-refractivity contribution in [1.82, 2.24) is 10.2 Å². The Morgan fingerprint density at radius 2 is 1.70 bits per heavy atom. The molecule has 0 aromatic carbocycles. The van der Waals surface area contributed by atoms with E-state index in [2.05, 4.69) is 12.2 Å². The summed E-state index contributed by atoms with van der Waals surface area (Å²) in [5, 5.41) is 3.52. The molecule has 0 bridgehead atoms. The van der Waals surface area contributed by atoms with Crippen molar-refractivity contribution in [3.63, 3.8) is 0 Å². The molecule has 1 aliphatic heterocycles. The molecular weight excluding hydrogens is 252 g/mol. The molecule has 2 saturated carbocycles. The van der Waals surface area contributed by atoms with Gasteiger partial charge in [-0.2, -0.15) is 0 Å². The van der Waals surface area contributed by atoms with Crippen molar-refractivity contribution in [1.29, 1.82) is 0 Å². The molecule has 1 heterocycles. The number of carbonyl (C=O) groups excluding carboxylic acids is 2. The highest BCUT2D eigenvalue weighted by Crippen LogP contribution is 2.32. The first kappa shape index (κ1) is 14.1. The van der Waals surface area contributed by atoms with E-state index in [-0.39, 0.29) is 29.4 Å². The Hall–Kier alpha value is -0.900. The van der Waals surface area contributed by atoms with E-state index in [1.165, 1.54) is 19.3 Å². The number of carbonyl (C=O) groups is 2. The van der Waals surface area contributed by atoms with Crippen LogP contribution in [0.5, 0.6) is 0 Å². The number of hydrogen-bond acceptors (Lipinski definition) is 3. The molecule has 112 valence electrons. The minimum absolute atomic E-state index is 0.0358. The summed E-state index contributed by atoms with van der Waals surface area (Å²) in [5.74, 6) is 0.0764. The van der Waals surface area contributed by atoms with Crippen LogP contribution in [0.15, 0.2) is 0 Å². The zero-order chi connectivity index (χ0) is 14.2. The van der Waals surface area contributed by atoms with Gasteiger partial charge in [0.25, 0.3) is 0 Å². The third kappa shape index (κ3) is 2.62. The predicted molar refractivity (Wildman–Crippen MR) is 77.1 cm³/mol. The predicted octanol–water partition coefficient (Wildman–Crippen LogP) is 2.37. The van der Waals surface area contributed by atoms with Crippen LogP contribution in [0.1, 0.15) is 71.1 Å². The van der Waals surface area contributed by atoms with Crippen LogP contribution in [0.2, 0.25) is 0 Å². The van der Waals surface area contributed by atoms with Crippen LogP contribution in [-0.4, -0.2) is 34.3 Å². The Morgan fingerprint density at radius 1 is 1.05 bits per heavy atom. The molecule has 0 spiro atoms. The van der Waals surface area contributed by atoms with Crippen molar-refractivity contribution in [2.75, 3.05) is 0 Å². The number of likely N-dealkylation sites (tertiary alicyclic amines) is 1. The van der Waals surface area contributed by atoms with Gasteiger partial charge in [-0.25, -0.2) is 0 Å². The fraction of sp³-hybridized carbons (Fsp3) is 0.875. The van der Waals surface area contributed by atoms with Gasteiger partial charge < -0.3 is 5.32 Å². The van der Waals surface area contributed by atoms with Gasteiger partial charge in [0.1, 0.15) is 0 Å². The van der Waals surface area contributed by atoms with Crippen molar-refractivity contribution in [3.05, 3.63) is 0 Å². The largest absolute Gasteiger partial charge is 0.300 e. The Morgan fingerprint density at radius 3 is 2.35 bits per heavy atom. The normalized spacial score (nSPS) is 31.2. The Balaban J connectivity index is 1.66. The first-order chi connectivity index (χ1) is 9.59. The lowest BCUT2D eigenvalue weighted by Gasteiger charge is -2.36. The van der Waals surface area contributed by atoms with E-state index >= 15 is 0 Å². The molecule has 0 aromatic heterocycles. The van der Waals surface area contributed by atoms with Crippen molar-refractivity contribution >= 4 is 11.8 Å². The highest BCUT2D eigenvalue weighted by Gasteiger charge is 2.45. The molecule has 1 saturated heterocycles. The fourth-order valence-corrected chi connectivity index (χ4v) is 4.21. The molecule has 3 fully saturated rings. The highest BCUT2D eigenvalue weighted by atomic mass is 16.2. The standard InChI is InChI=1S/C16H26N2O2/c1-16(9-5-2-6-10-16)17-13-11-14(19)18(15(13)20)12-7-3-4-8-12/h12-13,17H,2-11H2,1H3. The van der Waals surface area contributed by atoms with Crippen LogP contribution < -0.4 is 5.32 Å². The summed E-state index contributed by atoms with van der Waals surface area (Å²) in [4.78, 5) is 26.3. The fourth-order valence-electron chi connectivity index (χ4n) is 4.21. The maximum atomic E-state index is 12.6. The maximum Gasteiger partial charge on any atom is 0.247 e. The molecule has 20 heavy (non-hydrogen) atoms. The average molecular weight is 278 g/mol. The first-order valence-corrected chi connectivity index (χ1v) is 8.23. The molecule has 1 N–H and O–H groups in total. The van der Waals surface area contributed by atoms with Crippen molar-refractivity contribution in [3.8, 4) is 0 Å². The number of nitrogens with one attached hydrogen (secondary N) is 1. The van der Waals surface area contributed by atoms with Gasteiger partial charge in [0.15, 0.2) is 0 Å². The zero-order valence-corrected chi connectivity index (χ0v) is 12.5. The molecule has 0 radical (unpaired) electrons. The molecule has 1 unspecified atom stereocenters. The third-order valence-corrected chi connectivity index (χ3v) is 5.35. The van der Waals surface area contributed by atoms with Crippen LogP contribution in [-0.2, 0) is 9.59 Å². The van der Waals surface area contributed by atoms with Gasteiger partial charge in [-0.3, -0.25) is 14.5 Å². The molecule has 3 rings (SSSR count). The Bertz CT molecular complexity index is 395. The summed E-state index contributed by atoms with van der Waals surface area (Å²) >= 11 is 0. The van der Waals surface area contributed by atoms with E-state index in [4.69, 9.17) is 0 Å². The monoisotopic (exact) mass is 278 g/mol. The van der Waals surface area contributed by atoms with Crippen LogP contribution in [0.4, 0.5) is 0 Å². The lowest BCUT2D eigenvalue weighted by Crippen LogP contribution is -2.52. The van der Waals surface area contributed by atoms with Gasteiger partial charge in [0, 0.05) is 11.6 Å². The summed E-state index contributed by atoms with van der Waals surface area (Å²) in [6, 6.07) is -0.0906. The van der Waals surface area contributed by atoms with Crippen LogP contribution >= 0.6 is 0 Å². The number of hydrogen-bond donors (Lipinski definition) is 1. The second-order valence-electron chi connectivity index (χ2n) is 7.06. The summed E-state index contributed by atoms with van der Waals surface area (Å²) in [5.41, 5.74) is 0.0462. The van der Waals surface area contributed by atoms with Crippen molar-refractivity contribution in [2.24, 2.45) is 0 Å². The summed E-state index contributed by atoms with van der Waals surface area (Å²) in [6.07, 6.45) is 10.7. The molecule has 2 aliphatic carbocycles. The van der Waals surface area contributed by atoms with E-state index in [0.717, 1.165) is 38.5 Å². The quantitative estimate of drug-likeness (QED) is 0.806. The Kier molecular flexibility index (Phi) is 3.85. The Labute approximate surface area is 121 Å². The molecular formula is C16H26N2O2. The lowest BCUT2D eigenvalue weighted by atomic mass is 9.82. The molecule has 3 aliphatic rings. The first-order valence-electron chi connectivity index (χ1n) is 8.23. The highest BCUT2D eigenvalue weighted by molar-refractivity contribution is 6.05. The van der Waals surface area contributed by atoms with E-state index in [0.29, 0.717) is 6.42 Å². The van der Waals surface area contributed by atoms with Gasteiger partial charge in [-0.05, 0) is 32.6 Å². The van der Waals surface area contributed by atoms with Gasteiger partial charge in [0.2, 0.25) is 11.8 Å². The molecule has 0 aromatic rings. The topological polar surface area (TPSA) is 49.4 Å². The second kappa shape index (κ2) is 5.47. The smallest absolute Gasteiger partial charge is 0.247 e. The molecule has 4 nitrogen and oxygen atoms in total. The van der Waals surface area contributed by atoms with E-state index in [1.54, 1.807) is 4.90 Å². The van der Waals surface area contributed by atoms with Crippen LogP contribution in [0, 0.1) is 0 Å². The average Bonchev–Trinajstić information content (AvgIpc) is 3.00. The van der Waals surface area contributed by atoms with Crippen LogP contribution in [0.25, 0.3) is 0 Å². The minimum Gasteiger partial charge on any atom is -0.300 e. The molecule has 2 amide bonds. The third-order valence-electron chi connectivity index (χ3n) is 5.35. The van der Waals surface area contributed by atoms with Gasteiger partial charge in [-0.15, -0.1) is 0 Å². The van der Waals surface area contributed by atoms with Crippen molar-refractivity contribution < 1.29 is 9.59 Å². The van der Waals surface area contributed by atoms with Crippen molar-refractivity contribution in [2.45, 2.75) is 88.8 Å². The summed E-state index contributed by atoms with van der Waals surface area (Å²) in [7, 11) is 0. The van der Waals surface area contributed by atoms with Gasteiger partial charge >= 0.3 is 0 Å². The summed E-state index contributed by atoms with van der Waals surface area (Å²) < 4.78 is 0. The number of rotatable bonds is 3. The van der Waals surface area contributed by atoms with Gasteiger partial charge in [-0.1, -0.05) is 32.1 Å². The van der Waals surface area contributed by atoms with Crippen LogP contribution in [0.3, 0.4) is 0 Å². The number of nitrogens with zero attached hydrogens (tertiary/aromatic N) is 1. The summed E-state index contributed by atoms with van der Waals surface area (Å²) in [6.45, 7) is 2.21. The number of imide groups is 1.